The fourth-order valence-corrected chi connectivity index (χ4v) is 2.58. The number of ether oxygens (including phenoxy) is 1. The molecule has 0 spiro atoms. The fraction of sp³-hybridized carbons (Fsp3) is 0.467. The molecule has 0 aliphatic carbocycles. The monoisotopic (exact) mass is 354 g/mol. The molecule has 0 aromatic heterocycles. The predicted molar refractivity (Wildman–Crippen MR) is 83.2 cm³/mol. The number of hydrogen-bond donors (Lipinski definition) is 0. The van der Waals surface area contributed by atoms with E-state index in [1.165, 1.54) is 7.11 Å². The van der Waals surface area contributed by atoms with Gasteiger partial charge in [0, 0.05) is 43.3 Å². The molecule has 0 bridgehead atoms. The summed E-state index contributed by atoms with van der Waals surface area (Å²) in [4.78, 5) is 27.7. The minimum Gasteiger partial charge on any atom is -0.375 e. The van der Waals surface area contributed by atoms with Crippen LogP contribution in [0.3, 0.4) is 0 Å². The normalized spacial score (nSPS) is 15.2. The Labute approximate surface area is 133 Å². The van der Waals surface area contributed by atoms with Crippen molar-refractivity contribution in [3.05, 3.63) is 33.8 Å². The number of carbonyl (C=O) groups is 2. The Kier molecular flexibility index (Phi) is 5.36. The van der Waals surface area contributed by atoms with Crippen LogP contribution in [0, 0.1) is 6.92 Å². The van der Waals surface area contributed by atoms with Gasteiger partial charge in [-0.1, -0.05) is 15.9 Å². The van der Waals surface area contributed by atoms with Crippen LogP contribution in [-0.2, 0) is 9.53 Å². The van der Waals surface area contributed by atoms with Gasteiger partial charge in [-0.2, -0.15) is 0 Å². The van der Waals surface area contributed by atoms with E-state index >= 15 is 0 Å². The van der Waals surface area contributed by atoms with Gasteiger partial charge in [-0.05, 0) is 30.7 Å². The molecule has 114 valence electrons. The second kappa shape index (κ2) is 7.04. The molecule has 1 aromatic carbocycles. The average Bonchev–Trinajstić information content (AvgIpc) is 2.50. The van der Waals surface area contributed by atoms with Crippen molar-refractivity contribution in [3.63, 3.8) is 0 Å². The highest BCUT2D eigenvalue weighted by atomic mass is 79.9. The molecule has 0 atom stereocenters. The Bertz CT molecular complexity index is 540. The molecule has 5 nitrogen and oxygen atoms in total. The summed E-state index contributed by atoms with van der Waals surface area (Å²) in [5, 5.41) is 0. The van der Waals surface area contributed by atoms with Crippen molar-refractivity contribution >= 4 is 27.7 Å². The topological polar surface area (TPSA) is 49.9 Å². The minimum absolute atomic E-state index is 0.0180. The van der Waals surface area contributed by atoms with E-state index in [2.05, 4.69) is 15.9 Å². The van der Waals surface area contributed by atoms with E-state index in [0.717, 1.165) is 10.0 Å². The number of methoxy groups -OCH3 is 1. The number of hydrogen-bond acceptors (Lipinski definition) is 3. The number of nitrogens with zero attached hydrogens (tertiary/aromatic N) is 2. The number of piperazine rings is 1. The van der Waals surface area contributed by atoms with Crippen LogP contribution in [0.4, 0.5) is 0 Å². The molecule has 0 radical (unpaired) electrons. The van der Waals surface area contributed by atoms with Gasteiger partial charge in [0.2, 0.25) is 5.91 Å². The molecular weight excluding hydrogens is 336 g/mol. The maximum Gasteiger partial charge on any atom is 0.253 e. The number of aryl methyl sites for hydroxylation is 1. The molecule has 21 heavy (non-hydrogen) atoms. The standard InChI is InChI=1S/C15H19BrN2O3/c1-11-9-12(3-4-13(11)16)15(20)18-7-5-17(6-8-18)14(19)10-21-2/h3-4,9H,5-8,10H2,1-2H3. The lowest BCUT2D eigenvalue weighted by Gasteiger charge is -2.34. The lowest BCUT2D eigenvalue weighted by molar-refractivity contribution is -0.136. The number of halogens is 1. The summed E-state index contributed by atoms with van der Waals surface area (Å²) >= 11 is 3.43. The second-order valence-electron chi connectivity index (χ2n) is 5.07. The van der Waals surface area contributed by atoms with Gasteiger partial charge in [-0.25, -0.2) is 0 Å². The smallest absolute Gasteiger partial charge is 0.253 e. The number of amides is 2. The number of carbonyl (C=O) groups excluding carboxylic acids is 2. The molecular formula is C15H19BrN2O3. The largest absolute Gasteiger partial charge is 0.375 e. The van der Waals surface area contributed by atoms with E-state index in [0.29, 0.717) is 31.7 Å². The molecule has 2 rings (SSSR count). The summed E-state index contributed by atoms with van der Waals surface area (Å²) < 4.78 is 5.84. The van der Waals surface area contributed by atoms with E-state index < -0.39 is 0 Å². The second-order valence-corrected chi connectivity index (χ2v) is 5.92. The first-order valence-electron chi connectivity index (χ1n) is 6.85. The van der Waals surface area contributed by atoms with E-state index in [1.54, 1.807) is 9.80 Å². The van der Waals surface area contributed by atoms with Crippen molar-refractivity contribution in [2.24, 2.45) is 0 Å². The van der Waals surface area contributed by atoms with Gasteiger partial charge < -0.3 is 14.5 Å². The highest BCUT2D eigenvalue weighted by molar-refractivity contribution is 9.10. The Balaban J connectivity index is 1.97. The molecule has 0 N–H and O–H groups in total. The summed E-state index contributed by atoms with van der Waals surface area (Å²) in [6.07, 6.45) is 0. The van der Waals surface area contributed by atoms with Crippen molar-refractivity contribution in [1.29, 1.82) is 0 Å². The van der Waals surface area contributed by atoms with Gasteiger partial charge in [0.15, 0.2) is 0 Å². The first-order chi connectivity index (χ1) is 10.0. The maximum atomic E-state index is 12.4. The third-order valence-corrected chi connectivity index (χ3v) is 4.48. The van der Waals surface area contributed by atoms with Gasteiger partial charge in [0.25, 0.3) is 5.91 Å². The minimum atomic E-state index is -0.0240. The van der Waals surface area contributed by atoms with E-state index in [1.807, 2.05) is 25.1 Å². The Hall–Kier alpha value is -1.40. The van der Waals surface area contributed by atoms with Gasteiger partial charge in [-0.15, -0.1) is 0 Å². The summed E-state index contributed by atoms with van der Waals surface area (Å²) in [6, 6.07) is 5.59. The fourth-order valence-electron chi connectivity index (χ4n) is 2.33. The third-order valence-electron chi connectivity index (χ3n) is 3.59. The van der Waals surface area contributed by atoms with Gasteiger partial charge >= 0.3 is 0 Å². The van der Waals surface area contributed by atoms with Crippen LogP contribution < -0.4 is 0 Å². The van der Waals surface area contributed by atoms with Crippen LogP contribution in [0.15, 0.2) is 22.7 Å². The van der Waals surface area contributed by atoms with Crippen molar-refractivity contribution in [1.82, 2.24) is 9.80 Å². The van der Waals surface area contributed by atoms with Crippen molar-refractivity contribution in [2.75, 3.05) is 39.9 Å². The predicted octanol–water partition coefficient (Wildman–Crippen LogP) is 1.69. The highest BCUT2D eigenvalue weighted by Gasteiger charge is 2.24. The van der Waals surface area contributed by atoms with Crippen LogP contribution in [-0.4, -0.2) is 61.5 Å². The first-order valence-corrected chi connectivity index (χ1v) is 7.64. The molecule has 1 aliphatic rings. The number of benzene rings is 1. The van der Waals surface area contributed by atoms with Gasteiger partial charge in [-0.3, -0.25) is 9.59 Å². The zero-order valence-corrected chi connectivity index (χ0v) is 13.9. The summed E-state index contributed by atoms with van der Waals surface area (Å²) in [5.41, 5.74) is 1.72. The van der Waals surface area contributed by atoms with E-state index in [9.17, 15) is 9.59 Å². The average molecular weight is 355 g/mol. The summed E-state index contributed by atoms with van der Waals surface area (Å²) in [5.74, 6) is -0.00599. The molecule has 0 saturated carbocycles. The lowest BCUT2D eigenvalue weighted by atomic mass is 10.1. The molecule has 1 saturated heterocycles. The van der Waals surface area contributed by atoms with Gasteiger partial charge in [0.05, 0.1) is 0 Å². The van der Waals surface area contributed by atoms with Crippen molar-refractivity contribution in [3.8, 4) is 0 Å². The highest BCUT2D eigenvalue weighted by Crippen LogP contribution is 2.18. The maximum absolute atomic E-state index is 12.4. The van der Waals surface area contributed by atoms with Gasteiger partial charge in [0.1, 0.15) is 6.61 Å². The SMILES string of the molecule is COCC(=O)N1CCN(C(=O)c2ccc(Br)c(C)c2)CC1. The van der Waals surface area contributed by atoms with Crippen molar-refractivity contribution < 1.29 is 14.3 Å². The Morgan fingerprint density at radius 1 is 1.19 bits per heavy atom. The molecule has 1 fully saturated rings. The quantitative estimate of drug-likeness (QED) is 0.829. The first kappa shape index (κ1) is 16.0. The lowest BCUT2D eigenvalue weighted by Crippen LogP contribution is -2.51. The van der Waals surface area contributed by atoms with Crippen LogP contribution in [0.25, 0.3) is 0 Å². The zero-order valence-electron chi connectivity index (χ0n) is 12.3. The van der Waals surface area contributed by atoms with E-state index in [4.69, 9.17) is 4.74 Å². The van der Waals surface area contributed by atoms with Crippen LogP contribution in [0.5, 0.6) is 0 Å². The van der Waals surface area contributed by atoms with Crippen LogP contribution in [0.2, 0.25) is 0 Å². The molecule has 6 heteroatoms. The Morgan fingerprint density at radius 2 is 1.81 bits per heavy atom. The van der Waals surface area contributed by atoms with Crippen LogP contribution >= 0.6 is 15.9 Å². The molecule has 1 aromatic rings. The molecule has 0 unspecified atom stereocenters. The summed E-state index contributed by atoms with van der Waals surface area (Å²) in [7, 11) is 1.51. The van der Waals surface area contributed by atoms with E-state index in [-0.39, 0.29) is 18.4 Å². The zero-order chi connectivity index (χ0) is 15.4. The molecule has 2 amide bonds. The third kappa shape index (κ3) is 3.83. The Morgan fingerprint density at radius 3 is 2.38 bits per heavy atom. The van der Waals surface area contributed by atoms with Crippen molar-refractivity contribution in [2.45, 2.75) is 6.92 Å². The number of rotatable bonds is 3. The molecule has 1 heterocycles. The molecule has 1 aliphatic heterocycles. The van der Waals surface area contributed by atoms with Crippen LogP contribution in [0.1, 0.15) is 15.9 Å². The summed E-state index contributed by atoms with van der Waals surface area (Å²) in [6.45, 7) is 4.29.